The van der Waals surface area contributed by atoms with Gasteiger partial charge in [-0.2, -0.15) is 0 Å². The number of hydrogen-bond acceptors (Lipinski definition) is 5. The molecular weight excluding hydrogens is 462 g/mol. The standard InChI is InChI=1S/C27H47N3O4S/c1-9-12-28-22(32)19-18-10-11-27(35-18)20(19)24(34)30(17(14-31)13-16(2)3)21(27)23(33)29-26(7,8)15-25(4,5)6/h16-21,31H,9-15H2,1-8H3,(H,28,32)(H,29,33)/t17-,18-,19+,20+,21?,27?/m1/s1. The molecule has 3 aliphatic heterocycles. The summed E-state index contributed by atoms with van der Waals surface area (Å²) in [6.45, 7) is 17.0. The van der Waals surface area contributed by atoms with E-state index in [1.54, 1.807) is 16.7 Å². The summed E-state index contributed by atoms with van der Waals surface area (Å²) in [5.41, 5.74) is -0.429. The molecule has 2 bridgehead atoms. The molecular formula is C27H47N3O4S. The number of aliphatic hydroxyl groups is 1. The highest BCUT2D eigenvalue weighted by Gasteiger charge is 2.74. The quantitative estimate of drug-likeness (QED) is 0.420. The van der Waals surface area contributed by atoms with E-state index in [0.717, 1.165) is 25.7 Å². The maximum Gasteiger partial charge on any atom is 0.244 e. The number of carbonyl (C=O) groups is 3. The van der Waals surface area contributed by atoms with Crippen LogP contribution >= 0.6 is 11.8 Å². The van der Waals surface area contributed by atoms with Gasteiger partial charge in [-0.3, -0.25) is 14.4 Å². The van der Waals surface area contributed by atoms with Crippen LogP contribution in [0, 0.1) is 23.2 Å². The van der Waals surface area contributed by atoms with E-state index >= 15 is 0 Å². The minimum Gasteiger partial charge on any atom is -0.394 e. The largest absolute Gasteiger partial charge is 0.394 e. The minimum absolute atomic E-state index is 0.0249. The van der Waals surface area contributed by atoms with E-state index in [0.29, 0.717) is 13.0 Å². The second-order valence-corrected chi connectivity index (χ2v) is 14.8. The van der Waals surface area contributed by atoms with Crippen LogP contribution in [0.1, 0.15) is 87.5 Å². The first-order valence-electron chi connectivity index (χ1n) is 13.4. The molecule has 3 fully saturated rings. The summed E-state index contributed by atoms with van der Waals surface area (Å²) < 4.78 is -0.623. The van der Waals surface area contributed by atoms with E-state index in [4.69, 9.17) is 0 Å². The van der Waals surface area contributed by atoms with Crippen LogP contribution in [-0.2, 0) is 14.4 Å². The third-order valence-corrected chi connectivity index (χ3v) is 9.57. The van der Waals surface area contributed by atoms with Gasteiger partial charge in [0.15, 0.2) is 0 Å². The minimum atomic E-state index is -0.686. The summed E-state index contributed by atoms with van der Waals surface area (Å²) >= 11 is 1.68. The Balaban J connectivity index is 2.01. The average Bonchev–Trinajstić information content (AvgIpc) is 3.35. The van der Waals surface area contributed by atoms with Crippen molar-refractivity contribution in [1.29, 1.82) is 0 Å². The molecule has 0 aromatic rings. The molecule has 3 saturated heterocycles. The number of fused-ring (bicyclic) bond motifs is 1. The number of nitrogens with one attached hydrogen (secondary N) is 2. The fourth-order valence-electron chi connectivity index (χ4n) is 7.04. The molecule has 3 rings (SSSR count). The molecule has 2 unspecified atom stereocenters. The van der Waals surface area contributed by atoms with Crippen molar-refractivity contribution in [3.63, 3.8) is 0 Å². The summed E-state index contributed by atoms with van der Waals surface area (Å²) in [6, 6.07) is -1.13. The van der Waals surface area contributed by atoms with Crippen molar-refractivity contribution in [3.8, 4) is 0 Å². The molecule has 0 radical (unpaired) electrons. The van der Waals surface area contributed by atoms with E-state index < -0.39 is 34.2 Å². The van der Waals surface area contributed by atoms with Gasteiger partial charge in [-0.25, -0.2) is 0 Å². The first-order valence-corrected chi connectivity index (χ1v) is 14.3. The topological polar surface area (TPSA) is 98.7 Å². The van der Waals surface area contributed by atoms with E-state index in [1.165, 1.54) is 0 Å². The number of amides is 3. The number of aliphatic hydroxyl groups excluding tert-OH is 1. The number of likely N-dealkylation sites (tertiary alicyclic amines) is 1. The molecule has 0 aromatic heterocycles. The van der Waals surface area contributed by atoms with E-state index in [-0.39, 0.29) is 40.9 Å². The molecule has 35 heavy (non-hydrogen) atoms. The van der Waals surface area contributed by atoms with Gasteiger partial charge in [0.25, 0.3) is 0 Å². The monoisotopic (exact) mass is 509 g/mol. The van der Waals surface area contributed by atoms with Crippen molar-refractivity contribution in [2.24, 2.45) is 23.2 Å². The highest BCUT2D eigenvalue weighted by atomic mass is 32.2. The van der Waals surface area contributed by atoms with Crippen LogP contribution in [0.25, 0.3) is 0 Å². The lowest BCUT2D eigenvalue weighted by Crippen LogP contribution is -2.60. The molecule has 6 atom stereocenters. The Morgan fingerprint density at radius 3 is 2.40 bits per heavy atom. The van der Waals surface area contributed by atoms with Crippen molar-refractivity contribution in [2.75, 3.05) is 13.2 Å². The van der Waals surface area contributed by atoms with Crippen LogP contribution in [0.3, 0.4) is 0 Å². The first kappa shape index (κ1) is 28.3. The third-order valence-electron chi connectivity index (χ3n) is 7.62. The SMILES string of the molecule is CCCNC(=O)[C@@H]1[C@H]2C(=O)N([C@@H](CO)CC(C)C)C(C(=O)NC(C)(C)CC(C)(C)C)C23CC[C@H]1S3. The van der Waals surface area contributed by atoms with Crippen LogP contribution in [-0.4, -0.2) is 68.5 Å². The van der Waals surface area contributed by atoms with Crippen LogP contribution in [0.15, 0.2) is 0 Å². The van der Waals surface area contributed by atoms with Gasteiger partial charge in [0.2, 0.25) is 17.7 Å². The number of rotatable bonds is 10. The maximum atomic E-state index is 14.1. The zero-order chi connectivity index (χ0) is 26.3. The lowest BCUT2D eigenvalue weighted by molar-refractivity contribution is -0.143. The molecule has 200 valence electrons. The van der Waals surface area contributed by atoms with Gasteiger partial charge in [-0.1, -0.05) is 41.5 Å². The predicted octanol–water partition coefficient (Wildman–Crippen LogP) is 3.34. The molecule has 0 aliphatic carbocycles. The Labute approximate surface area is 215 Å². The summed E-state index contributed by atoms with van der Waals surface area (Å²) in [4.78, 5) is 43.1. The van der Waals surface area contributed by atoms with Gasteiger partial charge in [0.1, 0.15) is 6.04 Å². The fraction of sp³-hybridized carbons (Fsp3) is 0.889. The van der Waals surface area contributed by atoms with Crippen LogP contribution in [0.4, 0.5) is 0 Å². The number of nitrogens with zero attached hydrogens (tertiary/aromatic N) is 1. The van der Waals surface area contributed by atoms with Gasteiger partial charge in [-0.05, 0) is 57.3 Å². The van der Waals surface area contributed by atoms with E-state index in [2.05, 4.69) is 45.3 Å². The second-order valence-electron chi connectivity index (χ2n) is 13.2. The lowest BCUT2D eigenvalue weighted by atomic mass is 9.70. The summed E-state index contributed by atoms with van der Waals surface area (Å²) in [6.07, 6.45) is 3.80. The van der Waals surface area contributed by atoms with Gasteiger partial charge in [-0.15, -0.1) is 11.8 Å². The van der Waals surface area contributed by atoms with Crippen molar-refractivity contribution in [1.82, 2.24) is 15.5 Å². The Morgan fingerprint density at radius 2 is 1.86 bits per heavy atom. The third kappa shape index (κ3) is 5.53. The lowest BCUT2D eigenvalue weighted by Gasteiger charge is -2.40. The van der Waals surface area contributed by atoms with Crippen molar-refractivity contribution in [2.45, 2.75) is 115 Å². The normalized spacial score (nSPS) is 31.1. The van der Waals surface area contributed by atoms with Gasteiger partial charge >= 0.3 is 0 Å². The Kier molecular flexibility index (Phi) is 8.27. The fourth-order valence-corrected chi connectivity index (χ4v) is 9.25. The Hall–Kier alpha value is -1.28. The van der Waals surface area contributed by atoms with Crippen LogP contribution in [0.5, 0.6) is 0 Å². The highest BCUT2D eigenvalue weighted by molar-refractivity contribution is 8.02. The zero-order valence-corrected chi connectivity index (χ0v) is 23.8. The predicted molar refractivity (Wildman–Crippen MR) is 141 cm³/mol. The van der Waals surface area contributed by atoms with Crippen molar-refractivity contribution in [3.05, 3.63) is 0 Å². The average molecular weight is 510 g/mol. The molecule has 7 nitrogen and oxygen atoms in total. The maximum absolute atomic E-state index is 14.1. The Bertz CT molecular complexity index is 824. The van der Waals surface area contributed by atoms with Crippen molar-refractivity contribution < 1.29 is 19.5 Å². The summed E-state index contributed by atoms with van der Waals surface area (Å²) in [7, 11) is 0. The molecule has 3 heterocycles. The van der Waals surface area contributed by atoms with Gasteiger partial charge in [0.05, 0.1) is 29.2 Å². The van der Waals surface area contributed by atoms with Gasteiger partial charge in [0, 0.05) is 17.3 Å². The summed E-state index contributed by atoms with van der Waals surface area (Å²) in [5, 5.41) is 16.7. The molecule has 0 saturated carbocycles. The van der Waals surface area contributed by atoms with Crippen molar-refractivity contribution >= 4 is 29.5 Å². The number of carbonyl (C=O) groups excluding carboxylic acids is 3. The Morgan fingerprint density at radius 1 is 1.20 bits per heavy atom. The van der Waals surface area contributed by atoms with Gasteiger partial charge < -0.3 is 20.6 Å². The zero-order valence-electron chi connectivity index (χ0n) is 22.9. The highest BCUT2D eigenvalue weighted by Crippen LogP contribution is 2.66. The summed E-state index contributed by atoms with van der Waals surface area (Å²) in [5.74, 6) is -1.04. The molecule has 8 heteroatoms. The molecule has 1 spiro atoms. The molecule has 3 aliphatic rings. The second kappa shape index (κ2) is 10.2. The van der Waals surface area contributed by atoms with E-state index in [9.17, 15) is 19.5 Å². The van der Waals surface area contributed by atoms with Crippen LogP contribution < -0.4 is 10.6 Å². The number of thioether (sulfide) groups is 1. The molecule has 0 aromatic carbocycles. The van der Waals surface area contributed by atoms with E-state index in [1.807, 2.05) is 20.8 Å². The van der Waals surface area contributed by atoms with Crippen LogP contribution in [0.2, 0.25) is 0 Å². The molecule has 3 amide bonds. The smallest absolute Gasteiger partial charge is 0.244 e. The molecule has 3 N–H and O–H groups in total. The number of hydrogen-bond donors (Lipinski definition) is 3. The first-order chi connectivity index (χ1) is 16.2.